The molecule has 1 saturated heterocycles. The summed E-state index contributed by atoms with van der Waals surface area (Å²) < 4.78 is 5.36. The maximum atomic E-state index is 12.1. The highest BCUT2D eigenvalue weighted by Gasteiger charge is 2.26. The molecule has 1 fully saturated rings. The van der Waals surface area contributed by atoms with E-state index in [1.165, 1.54) is 0 Å². The van der Waals surface area contributed by atoms with Crippen molar-refractivity contribution in [1.82, 2.24) is 15.6 Å². The molecule has 1 amide bonds. The van der Waals surface area contributed by atoms with Crippen molar-refractivity contribution in [2.24, 2.45) is 0 Å². The van der Waals surface area contributed by atoms with Crippen LogP contribution in [0.2, 0.25) is 5.02 Å². The largest absolute Gasteiger partial charge is 0.378 e. The Balaban J connectivity index is 2.01. The molecule has 0 spiro atoms. The lowest BCUT2D eigenvalue weighted by molar-refractivity contribution is 0.0475. The molecule has 18 heavy (non-hydrogen) atoms. The molecular formula is C12H18ClN3O2. The second kappa shape index (κ2) is 5.73. The van der Waals surface area contributed by atoms with Crippen LogP contribution in [0.5, 0.6) is 0 Å². The van der Waals surface area contributed by atoms with Gasteiger partial charge in [-0.05, 0) is 26.0 Å². The number of rotatable bonds is 3. The lowest BCUT2D eigenvalue weighted by Crippen LogP contribution is -2.53. The van der Waals surface area contributed by atoms with Gasteiger partial charge in [0.1, 0.15) is 5.69 Å². The number of aromatic nitrogens is 1. The number of amides is 1. The zero-order valence-electron chi connectivity index (χ0n) is 10.5. The van der Waals surface area contributed by atoms with Crippen LogP contribution in [0.3, 0.4) is 0 Å². The third-order valence-corrected chi connectivity index (χ3v) is 3.63. The van der Waals surface area contributed by atoms with E-state index in [-0.39, 0.29) is 18.1 Å². The minimum absolute atomic E-state index is 0.00855. The Morgan fingerprint density at radius 3 is 3.00 bits per heavy atom. The molecule has 0 aromatic carbocycles. The molecular weight excluding hydrogens is 254 g/mol. The summed E-state index contributed by atoms with van der Waals surface area (Å²) in [4.78, 5) is 15.0. The number of aryl methyl sites for hydroxylation is 1. The Morgan fingerprint density at radius 2 is 2.39 bits per heavy atom. The minimum Gasteiger partial charge on any atom is -0.378 e. The summed E-state index contributed by atoms with van der Waals surface area (Å²) in [5, 5.41) is 6.80. The molecule has 6 heteroatoms. The van der Waals surface area contributed by atoms with E-state index in [1.54, 1.807) is 13.2 Å². The van der Waals surface area contributed by atoms with E-state index in [9.17, 15) is 4.79 Å². The average Bonchev–Trinajstić information content (AvgIpc) is 2.70. The number of aromatic amines is 1. The van der Waals surface area contributed by atoms with Gasteiger partial charge < -0.3 is 20.4 Å². The fourth-order valence-electron chi connectivity index (χ4n) is 2.14. The summed E-state index contributed by atoms with van der Waals surface area (Å²) in [5.74, 6) is -0.140. The second-order valence-electron chi connectivity index (χ2n) is 4.50. The molecule has 2 unspecified atom stereocenters. The van der Waals surface area contributed by atoms with Crippen LogP contribution < -0.4 is 10.6 Å². The summed E-state index contributed by atoms with van der Waals surface area (Å²) in [5.41, 5.74) is 1.29. The lowest BCUT2D eigenvalue weighted by Gasteiger charge is -2.31. The first kappa shape index (κ1) is 13.4. The first-order valence-electron chi connectivity index (χ1n) is 6.01. The van der Waals surface area contributed by atoms with Gasteiger partial charge in [-0.15, -0.1) is 0 Å². The predicted molar refractivity (Wildman–Crippen MR) is 70.1 cm³/mol. The zero-order chi connectivity index (χ0) is 13.1. The number of hydrogen-bond acceptors (Lipinski definition) is 3. The van der Waals surface area contributed by atoms with E-state index in [0.29, 0.717) is 10.7 Å². The molecule has 0 radical (unpaired) electrons. The maximum Gasteiger partial charge on any atom is 0.268 e. The van der Waals surface area contributed by atoms with E-state index in [2.05, 4.69) is 15.6 Å². The van der Waals surface area contributed by atoms with Crippen molar-refractivity contribution in [2.75, 3.05) is 20.2 Å². The van der Waals surface area contributed by atoms with Crippen molar-refractivity contribution in [1.29, 1.82) is 0 Å². The van der Waals surface area contributed by atoms with E-state index >= 15 is 0 Å². The number of hydrogen-bond donors (Lipinski definition) is 3. The third-order valence-electron chi connectivity index (χ3n) is 3.24. The van der Waals surface area contributed by atoms with Gasteiger partial charge in [0.25, 0.3) is 5.91 Å². The van der Waals surface area contributed by atoms with Gasteiger partial charge in [0.05, 0.1) is 17.2 Å². The number of methoxy groups -OCH3 is 1. The van der Waals surface area contributed by atoms with Crippen molar-refractivity contribution in [3.63, 3.8) is 0 Å². The third kappa shape index (κ3) is 2.85. The molecule has 1 aliphatic heterocycles. The van der Waals surface area contributed by atoms with Crippen LogP contribution >= 0.6 is 11.6 Å². The monoisotopic (exact) mass is 271 g/mol. The normalized spacial score (nSPS) is 23.9. The van der Waals surface area contributed by atoms with Crippen LogP contribution in [0.4, 0.5) is 0 Å². The van der Waals surface area contributed by atoms with Gasteiger partial charge in [-0.3, -0.25) is 4.79 Å². The minimum atomic E-state index is -0.140. The van der Waals surface area contributed by atoms with Gasteiger partial charge in [0, 0.05) is 19.3 Å². The second-order valence-corrected chi connectivity index (χ2v) is 4.91. The van der Waals surface area contributed by atoms with Crippen molar-refractivity contribution < 1.29 is 9.53 Å². The summed E-state index contributed by atoms with van der Waals surface area (Å²) in [6.07, 6.45) is 0.867. The molecule has 0 saturated carbocycles. The highest BCUT2D eigenvalue weighted by Crippen LogP contribution is 2.16. The van der Waals surface area contributed by atoms with Crippen molar-refractivity contribution >= 4 is 17.5 Å². The van der Waals surface area contributed by atoms with E-state index in [0.717, 1.165) is 25.2 Å². The van der Waals surface area contributed by atoms with Gasteiger partial charge in [-0.1, -0.05) is 11.6 Å². The Labute approximate surface area is 111 Å². The molecule has 2 rings (SSSR count). The van der Waals surface area contributed by atoms with Crippen LogP contribution in [-0.4, -0.2) is 43.2 Å². The molecule has 5 nitrogen and oxygen atoms in total. The molecule has 3 N–H and O–H groups in total. The topological polar surface area (TPSA) is 66.2 Å². The van der Waals surface area contributed by atoms with Crippen LogP contribution in [0.15, 0.2) is 6.07 Å². The molecule has 100 valence electrons. The van der Waals surface area contributed by atoms with E-state index < -0.39 is 0 Å². The summed E-state index contributed by atoms with van der Waals surface area (Å²) in [6, 6.07) is 1.68. The Bertz CT molecular complexity index is 413. The quantitative estimate of drug-likeness (QED) is 0.771. The smallest absolute Gasteiger partial charge is 0.268 e. The van der Waals surface area contributed by atoms with E-state index in [1.807, 2.05) is 6.92 Å². The van der Waals surface area contributed by atoms with Gasteiger partial charge in [-0.25, -0.2) is 0 Å². The summed E-state index contributed by atoms with van der Waals surface area (Å²) in [6.45, 7) is 3.48. The predicted octanol–water partition coefficient (Wildman–Crippen LogP) is 1.08. The fourth-order valence-corrected chi connectivity index (χ4v) is 2.30. The molecule has 2 heterocycles. The van der Waals surface area contributed by atoms with Crippen molar-refractivity contribution in [2.45, 2.75) is 25.5 Å². The summed E-state index contributed by atoms with van der Waals surface area (Å²) >= 11 is 5.93. The number of H-pyrrole nitrogens is 1. The molecule has 1 aromatic heterocycles. The maximum absolute atomic E-state index is 12.1. The fraction of sp³-hybridized carbons (Fsp3) is 0.583. The van der Waals surface area contributed by atoms with E-state index in [4.69, 9.17) is 16.3 Å². The molecule has 0 aliphatic carbocycles. The first-order chi connectivity index (χ1) is 8.61. The Hall–Kier alpha value is -1.04. The van der Waals surface area contributed by atoms with Crippen molar-refractivity contribution in [3.05, 3.63) is 22.5 Å². The molecule has 1 aliphatic rings. The number of carbonyl (C=O) groups is 1. The number of halogens is 1. The van der Waals surface area contributed by atoms with Crippen LogP contribution in [0, 0.1) is 6.92 Å². The van der Waals surface area contributed by atoms with Gasteiger partial charge >= 0.3 is 0 Å². The highest BCUT2D eigenvalue weighted by atomic mass is 35.5. The van der Waals surface area contributed by atoms with Gasteiger partial charge in [0.15, 0.2) is 0 Å². The lowest BCUT2D eigenvalue weighted by atomic mass is 10.0. The van der Waals surface area contributed by atoms with Crippen molar-refractivity contribution in [3.8, 4) is 0 Å². The SMILES string of the molecule is COC1CNCCC1NC(=O)c1cc(Cl)c(C)[nH]1. The molecule has 2 atom stereocenters. The zero-order valence-corrected chi connectivity index (χ0v) is 11.3. The molecule has 1 aromatic rings. The first-order valence-corrected chi connectivity index (χ1v) is 6.39. The Morgan fingerprint density at radius 1 is 1.61 bits per heavy atom. The molecule has 0 bridgehead atoms. The number of carbonyl (C=O) groups excluding carboxylic acids is 1. The number of ether oxygens (including phenoxy) is 1. The number of piperidine rings is 1. The standard InChI is InChI=1S/C12H18ClN3O2/c1-7-8(13)5-10(15-7)12(17)16-9-3-4-14-6-11(9)18-2/h5,9,11,14-15H,3-4,6H2,1-2H3,(H,16,17). The van der Waals surface area contributed by atoms with Crippen LogP contribution in [0.1, 0.15) is 22.6 Å². The van der Waals surface area contributed by atoms with Crippen LogP contribution in [0.25, 0.3) is 0 Å². The Kier molecular flexibility index (Phi) is 4.27. The summed E-state index contributed by atoms with van der Waals surface area (Å²) in [7, 11) is 1.66. The van der Waals surface area contributed by atoms with Gasteiger partial charge in [0.2, 0.25) is 0 Å². The van der Waals surface area contributed by atoms with Crippen LogP contribution in [-0.2, 0) is 4.74 Å². The van der Waals surface area contributed by atoms with Gasteiger partial charge in [-0.2, -0.15) is 0 Å². The highest BCUT2D eigenvalue weighted by molar-refractivity contribution is 6.31. The average molecular weight is 272 g/mol. The number of nitrogens with one attached hydrogen (secondary N) is 3.